The first kappa shape index (κ1) is 18.3. The van der Waals surface area contributed by atoms with Gasteiger partial charge in [-0.05, 0) is 25.5 Å². The number of hydrogen-bond acceptors (Lipinski definition) is 5. The third-order valence-electron chi connectivity index (χ3n) is 3.38. The first-order valence-corrected chi connectivity index (χ1v) is 7.72. The molecule has 0 amide bonds. The van der Waals surface area contributed by atoms with Gasteiger partial charge >= 0.3 is 5.97 Å². The van der Waals surface area contributed by atoms with Crippen LogP contribution >= 0.6 is 0 Å². The van der Waals surface area contributed by atoms with Crippen molar-refractivity contribution in [1.82, 2.24) is 0 Å². The lowest BCUT2D eigenvalue weighted by molar-refractivity contribution is -0.271. The molecule has 22 heavy (non-hydrogen) atoms. The molecule has 0 aliphatic carbocycles. The highest BCUT2D eigenvalue weighted by atomic mass is 17.2. The smallest absolute Gasteiger partial charge is 0.376 e. The first-order valence-electron chi connectivity index (χ1n) is 7.72. The van der Waals surface area contributed by atoms with Crippen LogP contribution in [0.2, 0.25) is 0 Å². The third-order valence-corrected chi connectivity index (χ3v) is 3.38. The van der Waals surface area contributed by atoms with Crippen molar-refractivity contribution in [3.05, 3.63) is 23.8 Å². The molecule has 5 nitrogen and oxygen atoms in total. The molecular weight excluding hydrogens is 284 g/mol. The lowest BCUT2D eigenvalue weighted by atomic mass is 10.1. The standard InChI is InChI=1S/C17H26O5/c1-5-6-7-8-10-13(2)21-22-17(18)14-11-9-12-15(19-3)16(14)20-4/h9,11-13H,5-8,10H2,1-4H3. The fraction of sp³-hybridized carbons (Fsp3) is 0.588. The molecular formula is C17H26O5. The van der Waals surface area contributed by atoms with Gasteiger partial charge in [0.25, 0.3) is 0 Å². The molecule has 0 saturated carbocycles. The van der Waals surface area contributed by atoms with Crippen molar-refractivity contribution in [2.75, 3.05) is 14.2 Å². The van der Waals surface area contributed by atoms with Gasteiger partial charge in [-0.3, -0.25) is 4.89 Å². The highest BCUT2D eigenvalue weighted by Crippen LogP contribution is 2.31. The van der Waals surface area contributed by atoms with Crippen LogP contribution in [0.1, 0.15) is 56.3 Å². The van der Waals surface area contributed by atoms with Crippen molar-refractivity contribution < 1.29 is 24.0 Å². The monoisotopic (exact) mass is 310 g/mol. The molecule has 0 radical (unpaired) electrons. The molecule has 0 bridgehead atoms. The molecule has 1 aromatic rings. The summed E-state index contributed by atoms with van der Waals surface area (Å²) in [6, 6.07) is 5.03. The Morgan fingerprint density at radius 3 is 2.55 bits per heavy atom. The predicted molar refractivity (Wildman–Crippen MR) is 84.3 cm³/mol. The van der Waals surface area contributed by atoms with Gasteiger partial charge in [0.05, 0.1) is 14.2 Å². The highest BCUT2D eigenvalue weighted by Gasteiger charge is 2.19. The Kier molecular flexibility index (Phi) is 8.36. The zero-order valence-corrected chi connectivity index (χ0v) is 13.9. The van der Waals surface area contributed by atoms with Gasteiger partial charge < -0.3 is 9.47 Å². The van der Waals surface area contributed by atoms with Crippen LogP contribution in [0.15, 0.2) is 18.2 Å². The quantitative estimate of drug-likeness (QED) is 0.369. The van der Waals surface area contributed by atoms with Crippen LogP contribution < -0.4 is 9.47 Å². The van der Waals surface area contributed by atoms with Crippen LogP contribution in [0.4, 0.5) is 0 Å². The van der Waals surface area contributed by atoms with E-state index in [1.165, 1.54) is 33.5 Å². The number of carbonyl (C=O) groups is 1. The predicted octanol–water partition coefficient (Wildman–Crippen LogP) is 4.15. The molecule has 0 fully saturated rings. The van der Waals surface area contributed by atoms with Gasteiger partial charge in [0.2, 0.25) is 0 Å². The van der Waals surface area contributed by atoms with E-state index in [1.54, 1.807) is 18.2 Å². The highest BCUT2D eigenvalue weighted by molar-refractivity contribution is 5.93. The summed E-state index contributed by atoms with van der Waals surface area (Å²) in [5, 5.41) is 0. The molecule has 0 heterocycles. The molecule has 1 atom stereocenters. The maximum absolute atomic E-state index is 12.1. The van der Waals surface area contributed by atoms with E-state index in [0.29, 0.717) is 11.5 Å². The van der Waals surface area contributed by atoms with E-state index in [9.17, 15) is 4.79 Å². The number of carbonyl (C=O) groups excluding carboxylic acids is 1. The van der Waals surface area contributed by atoms with Gasteiger partial charge in [-0.25, -0.2) is 4.79 Å². The summed E-state index contributed by atoms with van der Waals surface area (Å²) in [5.41, 5.74) is 0.278. The van der Waals surface area contributed by atoms with E-state index >= 15 is 0 Å². The van der Waals surface area contributed by atoms with Crippen molar-refractivity contribution in [3.63, 3.8) is 0 Å². The Morgan fingerprint density at radius 1 is 1.14 bits per heavy atom. The van der Waals surface area contributed by atoms with Gasteiger partial charge in [-0.15, -0.1) is 0 Å². The van der Waals surface area contributed by atoms with Gasteiger partial charge in [-0.1, -0.05) is 38.7 Å². The van der Waals surface area contributed by atoms with Crippen LogP contribution in [-0.2, 0) is 9.78 Å². The Balaban J connectivity index is 2.52. The summed E-state index contributed by atoms with van der Waals surface area (Å²) in [5.74, 6) is 0.231. The largest absolute Gasteiger partial charge is 0.493 e. The van der Waals surface area contributed by atoms with E-state index in [0.717, 1.165) is 12.8 Å². The van der Waals surface area contributed by atoms with Crippen molar-refractivity contribution >= 4 is 5.97 Å². The van der Waals surface area contributed by atoms with Crippen LogP contribution in [0, 0.1) is 0 Å². The molecule has 0 spiro atoms. The Bertz CT molecular complexity index is 458. The Morgan fingerprint density at radius 2 is 1.91 bits per heavy atom. The molecule has 0 aliphatic heterocycles. The second-order valence-corrected chi connectivity index (χ2v) is 5.17. The molecule has 0 N–H and O–H groups in total. The van der Waals surface area contributed by atoms with Gasteiger partial charge in [0, 0.05) is 0 Å². The number of rotatable bonds is 10. The average Bonchev–Trinajstić information content (AvgIpc) is 2.55. The van der Waals surface area contributed by atoms with E-state index in [1.807, 2.05) is 6.92 Å². The SMILES string of the molecule is CCCCCCC(C)OOC(=O)c1cccc(OC)c1OC. The van der Waals surface area contributed by atoms with Crippen LogP contribution in [0.3, 0.4) is 0 Å². The lowest BCUT2D eigenvalue weighted by Crippen LogP contribution is -2.14. The zero-order chi connectivity index (χ0) is 16.4. The maximum Gasteiger partial charge on any atom is 0.376 e. The van der Waals surface area contributed by atoms with Crippen LogP contribution in [0.25, 0.3) is 0 Å². The minimum atomic E-state index is -0.587. The molecule has 124 valence electrons. The minimum absolute atomic E-state index is 0.127. The number of benzene rings is 1. The number of unbranched alkanes of at least 4 members (excludes halogenated alkanes) is 3. The van der Waals surface area contributed by atoms with Gasteiger partial charge in [0.15, 0.2) is 11.5 Å². The van der Waals surface area contributed by atoms with Crippen LogP contribution in [-0.4, -0.2) is 26.3 Å². The van der Waals surface area contributed by atoms with E-state index < -0.39 is 5.97 Å². The van der Waals surface area contributed by atoms with Crippen molar-refractivity contribution in [1.29, 1.82) is 0 Å². The summed E-state index contributed by atoms with van der Waals surface area (Å²) in [4.78, 5) is 22.2. The average molecular weight is 310 g/mol. The van der Waals surface area contributed by atoms with Gasteiger partial charge in [0.1, 0.15) is 11.7 Å². The third kappa shape index (κ3) is 5.56. The Hall–Kier alpha value is -1.75. The fourth-order valence-corrected chi connectivity index (χ4v) is 2.13. The summed E-state index contributed by atoms with van der Waals surface area (Å²) >= 11 is 0. The summed E-state index contributed by atoms with van der Waals surface area (Å²) in [6.07, 6.45) is 5.38. The van der Waals surface area contributed by atoms with Gasteiger partial charge in [-0.2, -0.15) is 4.89 Å². The number of methoxy groups -OCH3 is 2. The topological polar surface area (TPSA) is 54.0 Å². The summed E-state index contributed by atoms with van der Waals surface area (Å²) in [7, 11) is 2.99. The molecule has 5 heteroatoms. The number of hydrogen-bond donors (Lipinski definition) is 0. The molecule has 0 aromatic heterocycles. The molecule has 1 unspecified atom stereocenters. The summed E-state index contributed by atoms with van der Waals surface area (Å²) < 4.78 is 10.4. The fourth-order valence-electron chi connectivity index (χ4n) is 2.13. The van der Waals surface area contributed by atoms with E-state index in [2.05, 4.69) is 6.92 Å². The van der Waals surface area contributed by atoms with Crippen molar-refractivity contribution in [2.45, 2.75) is 52.1 Å². The Labute approximate surface area is 132 Å². The number of para-hydroxylation sites is 1. The molecule has 1 aromatic carbocycles. The van der Waals surface area contributed by atoms with E-state index in [-0.39, 0.29) is 11.7 Å². The van der Waals surface area contributed by atoms with Crippen molar-refractivity contribution in [3.8, 4) is 11.5 Å². The van der Waals surface area contributed by atoms with Crippen molar-refractivity contribution in [2.24, 2.45) is 0 Å². The lowest BCUT2D eigenvalue weighted by Gasteiger charge is -2.13. The van der Waals surface area contributed by atoms with E-state index in [4.69, 9.17) is 19.2 Å². The second kappa shape index (κ2) is 10.1. The minimum Gasteiger partial charge on any atom is -0.493 e. The molecule has 0 aliphatic rings. The summed E-state index contributed by atoms with van der Waals surface area (Å²) in [6.45, 7) is 4.06. The zero-order valence-electron chi connectivity index (χ0n) is 13.9. The second-order valence-electron chi connectivity index (χ2n) is 5.17. The van der Waals surface area contributed by atoms with Crippen LogP contribution in [0.5, 0.6) is 11.5 Å². The normalized spacial score (nSPS) is 11.8. The molecule has 1 rings (SSSR count). The molecule has 0 saturated heterocycles. The number of ether oxygens (including phenoxy) is 2. The maximum atomic E-state index is 12.1. The first-order chi connectivity index (χ1) is 10.6.